The Morgan fingerprint density at radius 3 is 2.59 bits per heavy atom. The number of fused-ring (bicyclic) bond motifs is 1. The Labute approximate surface area is 159 Å². The SMILES string of the molecule is CCOc1ccc(C(=O)N2CCC(Cn3cnc4ccccc43)CC2)cc1. The van der Waals surface area contributed by atoms with Gasteiger partial charge in [0.2, 0.25) is 0 Å². The van der Waals surface area contributed by atoms with Crippen molar-refractivity contribution >= 4 is 16.9 Å². The van der Waals surface area contributed by atoms with Crippen molar-refractivity contribution in [2.24, 2.45) is 5.92 Å². The molecule has 0 radical (unpaired) electrons. The van der Waals surface area contributed by atoms with Crippen LogP contribution in [0.1, 0.15) is 30.1 Å². The molecule has 2 aromatic carbocycles. The van der Waals surface area contributed by atoms with E-state index in [2.05, 4.69) is 21.7 Å². The van der Waals surface area contributed by atoms with Gasteiger partial charge in [0.1, 0.15) is 5.75 Å². The van der Waals surface area contributed by atoms with E-state index >= 15 is 0 Å². The van der Waals surface area contributed by atoms with Crippen LogP contribution < -0.4 is 4.74 Å². The maximum absolute atomic E-state index is 12.7. The second-order valence-electron chi connectivity index (χ2n) is 7.08. The molecular weight excluding hydrogens is 338 g/mol. The van der Waals surface area contributed by atoms with E-state index in [1.165, 1.54) is 5.52 Å². The largest absolute Gasteiger partial charge is 0.494 e. The van der Waals surface area contributed by atoms with Crippen molar-refractivity contribution in [3.8, 4) is 5.75 Å². The Hall–Kier alpha value is -2.82. The summed E-state index contributed by atoms with van der Waals surface area (Å²) >= 11 is 0. The Balaban J connectivity index is 1.35. The number of nitrogens with zero attached hydrogens (tertiary/aromatic N) is 3. The van der Waals surface area contributed by atoms with E-state index in [1.54, 1.807) is 0 Å². The Kier molecular flexibility index (Phi) is 5.10. The van der Waals surface area contributed by atoms with Gasteiger partial charge in [-0.05, 0) is 62.1 Å². The van der Waals surface area contributed by atoms with Crippen molar-refractivity contribution in [1.29, 1.82) is 0 Å². The van der Waals surface area contributed by atoms with E-state index in [0.29, 0.717) is 12.5 Å². The number of carbonyl (C=O) groups excluding carboxylic acids is 1. The monoisotopic (exact) mass is 363 g/mol. The average molecular weight is 363 g/mol. The van der Waals surface area contributed by atoms with Crippen LogP contribution in [0.15, 0.2) is 54.9 Å². The highest BCUT2D eigenvalue weighted by Crippen LogP contribution is 2.23. The third kappa shape index (κ3) is 3.82. The van der Waals surface area contributed by atoms with Crippen LogP contribution in [0.25, 0.3) is 11.0 Å². The summed E-state index contributed by atoms with van der Waals surface area (Å²) in [7, 11) is 0. The highest BCUT2D eigenvalue weighted by atomic mass is 16.5. The zero-order valence-electron chi connectivity index (χ0n) is 15.7. The van der Waals surface area contributed by atoms with Crippen LogP contribution in [0.5, 0.6) is 5.75 Å². The van der Waals surface area contributed by atoms with E-state index in [-0.39, 0.29) is 5.91 Å². The number of hydrogen-bond acceptors (Lipinski definition) is 3. The lowest BCUT2D eigenvalue weighted by Crippen LogP contribution is -2.39. The smallest absolute Gasteiger partial charge is 0.253 e. The van der Waals surface area contributed by atoms with Gasteiger partial charge in [0.05, 0.1) is 24.0 Å². The van der Waals surface area contributed by atoms with E-state index in [1.807, 2.05) is 54.5 Å². The predicted octanol–water partition coefficient (Wildman–Crippen LogP) is 3.99. The second-order valence-corrected chi connectivity index (χ2v) is 7.08. The minimum Gasteiger partial charge on any atom is -0.494 e. The van der Waals surface area contributed by atoms with E-state index in [0.717, 1.165) is 49.3 Å². The molecule has 140 valence electrons. The number of ether oxygens (including phenoxy) is 1. The molecule has 1 amide bonds. The Bertz CT molecular complexity index is 909. The third-order valence-electron chi connectivity index (χ3n) is 5.30. The zero-order chi connectivity index (χ0) is 18.6. The lowest BCUT2D eigenvalue weighted by atomic mass is 9.96. The third-order valence-corrected chi connectivity index (χ3v) is 5.30. The van der Waals surface area contributed by atoms with Crippen LogP contribution in [0, 0.1) is 5.92 Å². The molecule has 1 aromatic heterocycles. The lowest BCUT2D eigenvalue weighted by molar-refractivity contribution is 0.0683. The number of para-hydroxylation sites is 2. The summed E-state index contributed by atoms with van der Waals surface area (Å²) in [5.41, 5.74) is 2.96. The first kappa shape index (κ1) is 17.6. The summed E-state index contributed by atoms with van der Waals surface area (Å²) in [6.07, 6.45) is 3.98. The number of hydrogen-bond donors (Lipinski definition) is 0. The van der Waals surface area contributed by atoms with Gasteiger partial charge in [-0.2, -0.15) is 0 Å². The molecule has 5 heteroatoms. The first-order valence-electron chi connectivity index (χ1n) is 9.66. The van der Waals surface area contributed by atoms with Crippen molar-refractivity contribution < 1.29 is 9.53 Å². The number of piperidine rings is 1. The number of benzene rings is 2. The molecule has 0 saturated carbocycles. The first-order valence-corrected chi connectivity index (χ1v) is 9.66. The normalized spacial score (nSPS) is 15.2. The van der Waals surface area contributed by atoms with Crippen molar-refractivity contribution in [2.75, 3.05) is 19.7 Å². The average Bonchev–Trinajstić information content (AvgIpc) is 3.12. The van der Waals surface area contributed by atoms with E-state index in [4.69, 9.17) is 4.74 Å². The van der Waals surface area contributed by atoms with Crippen LogP contribution >= 0.6 is 0 Å². The molecule has 0 atom stereocenters. The highest BCUT2D eigenvalue weighted by Gasteiger charge is 2.24. The maximum atomic E-state index is 12.7. The number of amides is 1. The fourth-order valence-electron chi connectivity index (χ4n) is 3.80. The van der Waals surface area contributed by atoms with Gasteiger partial charge in [-0.25, -0.2) is 4.98 Å². The molecule has 0 bridgehead atoms. The summed E-state index contributed by atoms with van der Waals surface area (Å²) < 4.78 is 7.69. The number of rotatable bonds is 5. The van der Waals surface area contributed by atoms with E-state index < -0.39 is 0 Å². The molecule has 1 saturated heterocycles. The fraction of sp³-hybridized carbons (Fsp3) is 0.364. The van der Waals surface area contributed by atoms with Crippen LogP contribution in [0.4, 0.5) is 0 Å². The molecule has 1 aliphatic rings. The number of aromatic nitrogens is 2. The predicted molar refractivity (Wildman–Crippen MR) is 106 cm³/mol. The summed E-state index contributed by atoms with van der Waals surface area (Å²) in [6.45, 7) is 5.17. The highest BCUT2D eigenvalue weighted by molar-refractivity contribution is 5.94. The van der Waals surface area contributed by atoms with Gasteiger partial charge >= 0.3 is 0 Å². The molecular formula is C22H25N3O2. The van der Waals surface area contributed by atoms with Crippen molar-refractivity contribution in [2.45, 2.75) is 26.3 Å². The van der Waals surface area contributed by atoms with E-state index in [9.17, 15) is 4.79 Å². The van der Waals surface area contributed by atoms with Gasteiger partial charge in [-0.3, -0.25) is 4.79 Å². The summed E-state index contributed by atoms with van der Waals surface area (Å²) in [6, 6.07) is 15.7. The number of carbonyl (C=O) groups is 1. The van der Waals surface area contributed by atoms with Gasteiger partial charge in [0, 0.05) is 25.2 Å². The summed E-state index contributed by atoms with van der Waals surface area (Å²) in [4.78, 5) is 19.2. The standard InChI is InChI=1S/C22H25N3O2/c1-2-27-19-9-7-18(8-10-19)22(26)24-13-11-17(12-14-24)15-25-16-23-20-5-3-4-6-21(20)25/h3-10,16-17H,2,11-15H2,1H3. The Morgan fingerprint density at radius 2 is 1.85 bits per heavy atom. The number of imidazole rings is 1. The molecule has 0 unspecified atom stereocenters. The molecule has 4 rings (SSSR count). The summed E-state index contributed by atoms with van der Waals surface area (Å²) in [5.74, 6) is 1.50. The summed E-state index contributed by atoms with van der Waals surface area (Å²) in [5, 5.41) is 0. The topological polar surface area (TPSA) is 47.4 Å². The van der Waals surface area contributed by atoms with Crippen LogP contribution in [0.3, 0.4) is 0 Å². The quantitative estimate of drug-likeness (QED) is 0.689. The molecule has 3 aromatic rings. The van der Waals surface area contributed by atoms with Crippen LogP contribution in [-0.4, -0.2) is 40.1 Å². The first-order chi connectivity index (χ1) is 13.2. The molecule has 27 heavy (non-hydrogen) atoms. The van der Waals surface area contributed by atoms with Crippen LogP contribution in [0.2, 0.25) is 0 Å². The van der Waals surface area contributed by atoms with Crippen molar-refractivity contribution in [1.82, 2.24) is 14.5 Å². The fourth-order valence-corrected chi connectivity index (χ4v) is 3.80. The van der Waals surface area contributed by atoms with Crippen molar-refractivity contribution in [3.05, 3.63) is 60.4 Å². The zero-order valence-corrected chi connectivity index (χ0v) is 15.7. The van der Waals surface area contributed by atoms with Gasteiger partial charge in [0.25, 0.3) is 5.91 Å². The molecule has 0 spiro atoms. The minimum absolute atomic E-state index is 0.115. The molecule has 0 aliphatic carbocycles. The van der Waals surface area contributed by atoms with Gasteiger partial charge in [-0.15, -0.1) is 0 Å². The molecule has 1 aliphatic heterocycles. The second kappa shape index (κ2) is 7.82. The Morgan fingerprint density at radius 1 is 1.11 bits per heavy atom. The molecule has 2 heterocycles. The number of likely N-dealkylation sites (tertiary alicyclic amines) is 1. The maximum Gasteiger partial charge on any atom is 0.253 e. The van der Waals surface area contributed by atoms with Gasteiger partial charge < -0.3 is 14.2 Å². The lowest BCUT2D eigenvalue weighted by Gasteiger charge is -2.32. The van der Waals surface area contributed by atoms with Crippen molar-refractivity contribution in [3.63, 3.8) is 0 Å². The van der Waals surface area contributed by atoms with Crippen LogP contribution in [-0.2, 0) is 6.54 Å². The molecule has 0 N–H and O–H groups in total. The molecule has 5 nitrogen and oxygen atoms in total. The van der Waals surface area contributed by atoms with Gasteiger partial charge in [-0.1, -0.05) is 12.1 Å². The molecule has 1 fully saturated rings. The van der Waals surface area contributed by atoms with Gasteiger partial charge in [0.15, 0.2) is 0 Å². The minimum atomic E-state index is 0.115.